The number of anilines is 2. The largest absolute Gasteiger partial charge is 0.351 e. The van der Waals surface area contributed by atoms with Gasteiger partial charge in [0.2, 0.25) is 11.8 Å². The summed E-state index contributed by atoms with van der Waals surface area (Å²) in [5.74, 6) is 0.00878. The average molecular weight is 448 g/mol. The molecular formula is C22H26ClN3O3S. The number of benzene rings is 1. The first kappa shape index (κ1) is 22.3. The van der Waals surface area contributed by atoms with Crippen LogP contribution in [0.1, 0.15) is 42.8 Å². The quantitative estimate of drug-likeness (QED) is 0.654. The van der Waals surface area contributed by atoms with E-state index in [1.165, 1.54) is 11.3 Å². The van der Waals surface area contributed by atoms with Gasteiger partial charge in [0.05, 0.1) is 9.21 Å². The fourth-order valence-corrected chi connectivity index (χ4v) is 4.51. The molecule has 1 atom stereocenters. The Kier molecular flexibility index (Phi) is 7.50. The summed E-state index contributed by atoms with van der Waals surface area (Å²) in [6, 6.07) is 10.9. The zero-order chi connectivity index (χ0) is 21.7. The van der Waals surface area contributed by atoms with Gasteiger partial charge < -0.3 is 15.1 Å². The summed E-state index contributed by atoms with van der Waals surface area (Å²) in [6.07, 6.45) is 1.73. The highest BCUT2D eigenvalue weighted by Gasteiger charge is 2.31. The molecule has 3 rings (SSSR count). The number of hydrogen-bond acceptors (Lipinski definition) is 4. The molecule has 1 aromatic carbocycles. The molecule has 0 spiro atoms. The van der Waals surface area contributed by atoms with E-state index in [0.29, 0.717) is 41.7 Å². The van der Waals surface area contributed by atoms with E-state index in [2.05, 4.69) is 5.32 Å². The topological polar surface area (TPSA) is 69.7 Å². The summed E-state index contributed by atoms with van der Waals surface area (Å²) in [4.78, 5) is 41.0. The van der Waals surface area contributed by atoms with Gasteiger partial charge in [0, 0.05) is 49.8 Å². The Morgan fingerprint density at radius 1 is 1.20 bits per heavy atom. The van der Waals surface area contributed by atoms with E-state index in [9.17, 15) is 14.4 Å². The van der Waals surface area contributed by atoms with Crippen LogP contribution in [0.3, 0.4) is 0 Å². The van der Waals surface area contributed by atoms with Crippen LogP contribution in [0.2, 0.25) is 4.34 Å². The average Bonchev–Trinajstić information content (AvgIpc) is 3.35. The second-order valence-corrected chi connectivity index (χ2v) is 9.02. The number of carbonyl (C=O) groups excluding carboxylic acids is 3. The highest BCUT2D eigenvalue weighted by atomic mass is 35.5. The van der Waals surface area contributed by atoms with Gasteiger partial charge in [-0.25, -0.2) is 0 Å². The van der Waals surface area contributed by atoms with Gasteiger partial charge in [-0.05, 0) is 42.8 Å². The molecule has 160 valence electrons. The number of rotatable bonds is 8. The maximum Gasteiger partial charge on any atom is 0.261 e. The molecule has 8 heteroatoms. The molecular weight excluding hydrogens is 422 g/mol. The minimum absolute atomic E-state index is 0.0382. The van der Waals surface area contributed by atoms with Gasteiger partial charge in [-0.2, -0.15) is 0 Å². The first-order valence-corrected chi connectivity index (χ1v) is 11.4. The van der Waals surface area contributed by atoms with Gasteiger partial charge >= 0.3 is 0 Å². The van der Waals surface area contributed by atoms with E-state index in [-0.39, 0.29) is 23.6 Å². The van der Waals surface area contributed by atoms with Crippen LogP contribution in [0.25, 0.3) is 0 Å². The lowest BCUT2D eigenvalue weighted by atomic mass is 10.1. The van der Waals surface area contributed by atoms with E-state index in [0.717, 1.165) is 17.8 Å². The molecule has 1 aliphatic heterocycles. The summed E-state index contributed by atoms with van der Waals surface area (Å²) in [5, 5.41) is 2.89. The third-order valence-electron chi connectivity index (χ3n) is 5.08. The summed E-state index contributed by atoms with van der Waals surface area (Å²) < 4.78 is 0.573. The van der Waals surface area contributed by atoms with Gasteiger partial charge in [-0.3, -0.25) is 14.4 Å². The van der Waals surface area contributed by atoms with Crippen molar-refractivity contribution in [3.05, 3.63) is 45.6 Å². The minimum Gasteiger partial charge on any atom is -0.351 e. The fourth-order valence-electron chi connectivity index (χ4n) is 3.55. The molecule has 1 aromatic heterocycles. The highest BCUT2D eigenvalue weighted by molar-refractivity contribution is 7.18. The molecule has 3 amide bonds. The molecule has 0 aliphatic carbocycles. The van der Waals surface area contributed by atoms with E-state index in [1.54, 1.807) is 21.9 Å². The summed E-state index contributed by atoms with van der Waals surface area (Å²) >= 11 is 7.11. The van der Waals surface area contributed by atoms with Crippen molar-refractivity contribution >= 4 is 52.0 Å². The number of amides is 3. The third-order valence-corrected chi connectivity index (χ3v) is 6.31. The third kappa shape index (κ3) is 5.21. The van der Waals surface area contributed by atoms with Crippen LogP contribution < -0.4 is 15.1 Å². The Hall–Kier alpha value is -2.38. The number of halogens is 1. The zero-order valence-corrected chi connectivity index (χ0v) is 18.8. The van der Waals surface area contributed by atoms with Crippen LogP contribution in [0.5, 0.6) is 0 Å². The standard InChI is InChI=1S/C22H26ClN3O3S/c1-3-11-25(20(27)4-2)16-5-7-17(8-6-16)26-14-15(12-21(26)28)13-24-22(29)18-9-10-19(23)30-18/h5-10,15H,3-4,11-14H2,1-2H3,(H,24,29)/t15-/m0/s1. The van der Waals surface area contributed by atoms with Crippen molar-refractivity contribution in [3.8, 4) is 0 Å². The lowest BCUT2D eigenvalue weighted by molar-refractivity contribution is -0.118. The first-order valence-electron chi connectivity index (χ1n) is 10.2. The number of thiophene rings is 1. The number of nitrogens with one attached hydrogen (secondary N) is 1. The van der Waals surface area contributed by atoms with Crippen molar-refractivity contribution in [2.75, 3.05) is 29.4 Å². The van der Waals surface area contributed by atoms with Crippen molar-refractivity contribution < 1.29 is 14.4 Å². The fraction of sp³-hybridized carbons (Fsp3) is 0.409. The maximum atomic E-state index is 12.5. The van der Waals surface area contributed by atoms with Gasteiger partial charge in [-0.1, -0.05) is 25.4 Å². The monoisotopic (exact) mass is 447 g/mol. The Labute approximate surface area is 185 Å². The smallest absolute Gasteiger partial charge is 0.261 e. The van der Waals surface area contributed by atoms with Gasteiger partial charge in [0.1, 0.15) is 0 Å². The molecule has 6 nitrogen and oxygen atoms in total. The maximum absolute atomic E-state index is 12.5. The van der Waals surface area contributed by atoms with E-state index < -0.39 is 0 Å². The molecule has 2 heterocycles. The minimum atomic E-state index is -0.168. The Bertz CT molecular complexity index is 913. The van der Waals surface area contributed by atoms with Crippen LogP contribution in [-0.2, 0) is 9.59 Å². The second-order valence-electron chi connectivity index (χ2n) is 7.30. The Morgan fingerprint density at radius 2 is 1.93 bits per heavy atom. The van der Waals surface area contributed by atoms with Crippen molar-refractivity contribution in [3.63, 3.8) is 0 Å². The SMILES string of the molecule is CCCN(C(=O)CC)c1ccc(N2C[C@H](CNC(=O)c3ccc(Cl)s3)CC2=O)cc1. The zero-order valence-electron chi connectivity index (χ0n) is 17.2. The molecule has 0 saturated carbocycles. The van der Waals surface area contributed by atoms with Crippen LogP contribution in [0.4, 0.5) is 11.4 Å². The molecule has 30 heavy (non-hydrogen) atoms. The van der Waals surface area contributed by atoms with Gasteiger partial charge in [-0.15, -0.1) is 11.3 Å². The van der Waals surface area contributed by atoms with Crippen LogP contribution in [-0.4, -0.2) is 37.4 Å². The van der Waals surface area contributed by atoms with E-state index >= 15 is 0 Å². The lowest BCUT2D eigenvalue weighted by Crippen LogP contribution is -2.31. The molecule has 1 fully saturated rings. The predicted octanol–water partition coefficient (Wildman–Crippen LogP) is 4.34. The molecule has 0 bridgehead atoms. The lowest BCUT2D eigenvalue weighted by Gasteiger charge is -2.23. The Morgan fingerprint density at radius 3 is 2.53 bits per heavy atom. The number of nitrogens with zero attached hydrogens (tertiary/aromatic N) is 2. The first-order chi connectivity index (χ1) is 14.4. The molecule has 1 aliphatic rings. The second kappa shape index (κ2) is 10.1. The highest BCUT2D eigenvalue weighted by Crippen LogP contribution is 2.28. The van der Waals surface area contributed by atoms with Gasteiger partial charge in [0.15, 0.2) is 0 Å². The Balaban J connectivity index is 1.60. The summed E-state index contributed by atoms with van der Waals surface area (Å²) in [5.41, 5.74) is 1.65. The van der Waals surface area contributed by atoms with Crippen LogP contribution >= 0.6 is 22.9 Å². The van der Waals surface area contributed by atoms with Crippen molar-refractivity contribution in [2.24, 2.45) is 5.92 Å². The van der Waals surface area contributed by atoms with Crippen molar-refractivity contribution in [1.29, 1.82) is 0 Å². The van der Waals surface area contributed by atoms with Crippen LogP contribution in [0.15, 0.2) is 36.4 Å². The number of carbonyl (C=O) groups is 3. The molecule has 0 unspecified atom stereocenters. The van der Waals surface area contributed by atoms with Crippen molar-refractivity contribution in [2.45, 2.75) is 33.1 Å². The van der Waals surface area contributed by atoms with Crippen LogP contribution in [0, 0.1) is 5.92 Å². The van der Waals surface area contributed by atoms with E-state index in [4.69, 9.17) is 11.6 Å². The van der Waals surface area contributed by atoms with Gasteiger partial charge in [0.25, 0.3) is 5.91 Å². The molecule has 1 N–H and O–H groups in total. The predicted molar refractivity (Wildman–Crippen MR) is 121 cm³/mol. The number of hydrogen-bond donors (Lipinski definition) is 1. The summed E-state index contributed by atoms with van der Waals surface area (Å²) in [7, 11) is 0. The molecule has 0 radical (unpaired) electrons. The molecule has 1 saturated heterocycles. The summed E-state index contributed by atoms with van der Waals surface area (Å²) in [6.45, 7) is 5.56. The van der Waals surface area contributed by atoms with Crippen molar-refractivity contribution in [1.82, 2.24) is 5.32 Å². The normalized spacial score (nSPS) is 16.0. The molecule has 2 aromatic rings. The van der Waals surface area contributed by atoms with E-state index in [1.807, 2.05) is 38.1 Å².